The van der Waals surface area contributed by atoms with Crippen LogP contribution in [0.25, 0.3) is 0 Å². The Morgan fingerprint density at radius 2 is 1.74 bits per heavy atom. The van der Waals surface area contributed by atoms with Crippen LogP contribution in [0.3, 0.4) is 0 Å². The lowest BCUT2D eigenvalue weighted by Crippen LogP contribution is -2.47. The van der Waals surface area contributed by atoms with E-state index in [1.807, 2.05) is 11.9 Å². The summed E-state index contributed by atoms with van der Waals surface area (Å²) in [4.78, 5) is 18.9. The van der Waals surface area contributed by atoms with Crippen molar-refractivity contribution in [3.8, 4) is 0 Å². The van der Waals surface area contributed by atoms with E-state index in [4.69, 9.17) is 0 Å². The lowest BCUT2D eigenvalue weighted by atomic mass is 10.0. The number of hydrogen-bond donors (Lipinski definition) is 0. The van der Waals surface area contributed by atoms with Crippen molar-refractivity contribution in [2.24, 2.45) is 0 Å². The van der Waals surface area contributed by atoms with Crippen LogP contribution < -0.4 is 0 Å². The molecule has 0 bridgehead atoms. The first-order valence-corrected chi connectivity index (χ1v) is 7.80. The molecule has 0 atom stereocenters. The fourth-order valence-corrected chi connectivity index (χ4v) is 3.14. The third-order valence-electron chi connectivity index (χ3n) is 4.74. The number of carbonyl (C=O) groups is 1. The molecule has 110 valence electrons. The lowest BCUT2D eigenvalue weighted by Gasteiger charge is -2.37. The van der Waals surface area contributed by atoms with Crippen LogP contribution in [-0.4, -0.2) is 72.5 Å². The fraction of sp³-hybridized carbons (Fsp3) is 0.933. The van der Waals surface area contributed by atoms with E-state index >= 15 is 0 Å². The summed E-state index contributed by atoms with van der Waals surface area (Å²) in [6, 6.07) is 1.08. The molecule has 2 rings (SSSR count). The van der Waals surface area contributed by atoms with Gasteiger partial charge in [0.1, 0.15) is 0 Å². The summed E-state index contributed by atoms with van der Waals surface area (Å²) in [5, 5.41) is 0. The second-order valence-electron chi connectivity index (χ2n) is 6.35. The molecule has 0 N–H and O–H groups in total. The van der Waals surface area contributed by atoms with Gasteiger partial charge in [-0.15, -0.1) is 0 Å². The third-order valence-corrected chi connectivity index (χ3v) is 4.74. The molecular weight excluding hydrogens is 238 g/mol. The molecule has 0 unspecified atom stereocenters. The van der Waals surface area contributed by atoms with Crippen molar-refractivity contribution in [3.05, 3.63) is 0 Å². The number of likely N-dealkylation sites (N-methyl/N-ethyl adjacent to an activating group) is 1. The zero-order chi connectivity index (χ0) is 13.8. The van der Waals surface area contributed by atoms with Gasteiger partial charge in [-0.05, 0) is 52.6 Å². The number of carbonyl (C=O) groups excluding carboxylic acids is 1. The first kappa shape index (κ1) is 14.8. The zero-order valence-corrected chi connectivity index (χ0v) is 12.8. The molecule has 2 saturated heterocycles. The van der Waals surface area contributed by atoms with Gasteiger partial charge < -0.3 is 9.80 Å². The maximum atomic E-state index is 12.1. The van der Waals surface area contributed by atoms with Crippen LogP contribution in [0.4, 0.5) is 0 Å². The molecule has 2 fully saturated rings. The van der Waals surface area contributed by atoms with Gasteiger partial charge in [-0.25, -0.2) is 0 Å². The molecule has 0 aromatic rings. The van der Waals surface area contributed by atoms with Crippen LogP contribution in [0.15, 0.2) is 0 Å². The van der Waals surface area contributed by atoms with Crippen LogP contribution in [-0.2, 0) is 4.79 Å². The van der Waals surface area contributed by atoms with E-state index in [-0.39, 0.29) is 5.91 Å². The molecule has 19 heavy (non-hydrogen) atoms. The van der Waals surface area contributed by atoms with Crippen molar-refractivity contribution in [1.82, 2.24) is 14.7 Å². The van der Waals surface area contributed by atoms with E-state index in [9.17, 15) is 4.79 Å². The Hall–Kier alpha value is -0.610. The number of piperidine rings is 1. The van der Waals surface area contributed by atoms with Gasteiger partial charge >= 0.3 is 0 Å². The highest BCUT2D eigenvalue weighted by Gasteiger charge is 2.27. The van der Waals surface area contributed by atoms with Gasteiger partial charge in [0.25, 0.3) is 0 Å². The molecule has 2 heterocycles. The van der Waals surface area contributed by atoms with Gasteiger partial charge in [-0.1, -0.05) is 0 Å². The van der Waals surface area contributed by atoms with Crippen LogP contribution >= 0.6 is 0 Å². The Morgan fingerprint density at radius 3 is 2.26 bits per heavy atom. The molecule has 2 aliphatic rings. The average molecular weight is 267 g/mol. The predicted octanol–water partition coefficient (Wildman–Crippen LogP) is 1.41. The number of hydrogen-bond acceptors (Lipinski definition) is 3. The highest BCUT2D eigenvalue weighted by Crippen LogP contribution is 2.20. The van der Waals surface area contributed by atoms with Crippen molar-refractivity contribution >= 4 is 5.91 Å². The molecule has 0 spiro atoms. The molecule has 0 aromatic heterocycles. The maximum absolute atomic E-state index is 12.1. The first-order valence-electron chi connectivity index (χ1n) is 7.80. The fourth-order valence-electron chi connectivity index (χ4n) is 3.14. The quantitative estimate of drug-likeness (QED) is 0.770. The molecule has 4 nitrogen and oxygen atoms in total. The zero-order valence-electron chi connectivity index (χ0n) is 12.8. The SMILES string of the molecule is CC(C)N(C)C(=O)CN1CCC(N2CCCC2)CC1. The standard InChI is InChI=1S/C15H29N3O/c1-13(2)16(3)15(19)12-17-10-6-14(7-11-17)18-8-4-5-9-18/h13-14H,4-12H2,1-3H3. The second kappa shape index (κ2) is 6.71. The van der Waals surface area contributed by atoms with Crippen LogP contribution in [0.5, 0.6) is 0 Å². The van der Waals surface area contributed by atoms with E-state index in [1.54, 1.807) is 0 Å². The minimum atomic E-state index is 0.259. The summed E-state index contributed by atoms with van der Waals surface area (Å²) in [5.41, 5.74) is 0. The Morgan fingerprint density at radius 1 is 1.16 bits per heavy atom. The Bertz CT molecular complexity index is 292. The van der Waals surface area contributed by atoms with Crippen LogP contribution in [0.2, 0.25) is 0 Å². The molecule has 2 aliphatic heterocycles. The Kier molecular flexibility index (Phi) is 5.22. The molecular formula is C15H29N3O. The Balaban J connectivity index is 1.72. The van der Waals surface area contributed by atoms with Crippen molar-refractivity contribution in [3.63, 3.8) is 0 Å². The summed E-state index contributed by atoms with van der Waals surface area (Å²) < 4.78 is 0. The Labute approximate surface area is 117 Å². The number of amides is 1. The highest BCUT2D eigenvalue weighted by molar-refractivity contribution is 5.78. The van der Waals surface area contributed by atoms with Crippen LogP contribution in [0, 0.1) is 0 Å². The highest BCUT2D eigenvalue weighted by atomic mass is 16.2. The topological polar surface area (TPSA) is 26.8 Å². The molecule has 4 heteroatoms. The minimum absolute atomic E-state index is 0.259. The van der Waals surface area contributed by atoms with Gasteiger partial charge in [0.15, 0.2) is 0 Å². The normalized spacial score (nSPS) is 23.2. The lowest BCUT2D eigenvalue weighted by molar-refractivity contribution is -0.133. The molecule has 0 aliphatic carbocycles. The van der Waals surface area contributed by atoms with Gasteiger partial charge in [0, 0.05) is 32.2 Å². The largest absolute Gasteiger partial charge is 0.342 e. The van der Waals surface area contributed by atoms with Gasteiger partial charge in [0.05, 0.1) is 6.54 Å². The minimum Gasteiger partial charge on any atom is -0.342 e. The third kappa shape index (κ3) is 3.93. The van der Waals surface area contributed by atoms with Gasteiger partial charge in [-0.3, -0.25) is 9.69 Å². The smallest absolute Gasteiger partial charge is 0.236 e. The summed E-state index contributed by atoms with van der Waals surface area (Å²) in [6.45, 7) is 9.48. The summed E-state index contributed by atoms with van der Waals surface area (Å²) >= 11 is 0. The van der Waals surface area contributed by atoms with E-state index in [1.165, 1.54) is 38.8 Å². The van der Waals surface area contributed by atoms with Crippen molar-refractivity contribution < 1.29 is 4.79 Å². The molecule has 0 saturated carbocycles. The number of nitrogens with zero attached hydrogens (tertiary/aromatic N) is 3. The molecule has 0 radical (unpaired) electrons. The van der Waals surface area contributed by atoms with E-state index < -0.39 is 0 Å². The first-order chi connectivity index (χ1) is 9.08. The predicted molar refractivity (Wildman–Crippen MR) is 78.2 cm³/mol. The van der Waals surface area contributed by atoms with Crippen molar-refractivity contribution in [2.75, 3.05) is 39.8 Å². The number of rotatable bonds is 4. The van der Waals surface area contributed by atoms with Gasteiger partial charge in [-0.2, -0.15) is 0 Å². The number of likely N-dealkylation sites (tertiary alicyclic amines) is 2. The van der Waals surface area contributed by atoms with Crippen molar-refractivity contribution in [2.45, 2.75) is 51.6 Å². The average Bonchev–Trinajstić information content (AvgIpc) is 2.92. The van der Waals surface area contributed by atoms with E-state index in [0.717, 1.165) is 19.1 Å². The maximum Gasteiger partial charge on any atom is 0.236 e. The monoisotopic (exact) mass is 267 g/mol. The molecule has 1 amide bonds. The second-order valence-corrected chi connectivity index (χ2v) is 6.35. The summed E-state index contributed by atoms with van der Waals surface area (Å²) in [6.07, 6.45) is 5.22. The van der Waals surface area contributed by atoms with E-state index in [0.29, 0.717) is 12.6 Å². The summed E-state index contributed by atoms with van der Waals surface area (Å²) in [7, 11) is 1.91. The summed E-state index contributed by atoms with van der Waals surface area (Å²) in [5.74, 6) is 0.259. The van der Waals surface area contributed by atoms with E-state index in [2.05, 4.69) is 23.6 Å². The van der Waals surface area contributed by atoms with Crippen LogP contribution in [0.1, 0.15) is 39.5 Å². The molecule has 0 aromatic carbocycles. The van der Waals surface area contributed by atoms with Gasteiger partial charge in [0.2, 0.25) is 5.91 Å². The van der Waals surface area contributed by atoms with Crippen molar-refractivity contribution in [1.29, 1.82) is 0 Å².